The molecule has 84 valence electrons. The van der Waals surface area contributed by atoms with Gasteiger partial charge < -0.3 is 0 Å². The zero-order valence-corrected chi connectivity index (χ0v) is 8.90. The van der Waals surface area contributed by atoms with E-state index in [1.807, 2.05) is 0 Å². The lowest BCUT2D eigenvalue weighted by Crippen LogP contribution is -2.03. The second-order valence-corrected chi connectivity index (χ2v) is 3.38. The first-order valence-corrected chi connectivity index (χ1v) is 5.08. The highest BCUT2D eigenvalue weighted by Gasteiger charge is 2.15. The third kappa shape index (κ3) is 2.04. The van der Waals surface area contributed by atoms with E-state index in [1.165, 1.54) is 0 Å². The standard InChI is InChI=1S/C10H8ClF2N3/c11-6-8-5-9(15-16(8)10(12)13)7-1-3-14-4-2-7/h1-5,10H,6H2. The van der Waals surface area contributed by atoms with Gasteiger partial charge in [-0.25, -0.2) is 4.68 Å². The maximum absolute atomic E-state index is 12.6. The predicted molar refractivity (Wildman–Crippen MR) is 56.3 cm³/mol. The van der Waals surface area contributed by atoms with Gasteiger partial charge in [0, 0.05) is 18.0 Å². The topological polar surface area (TPSA) is 30.7 Å². The number of hydrogen-bond donors (Lipinski definition) is 0. The van der Waals surface area contributed by atoms with Crippen LogP contribution in [-0.4, -0.2) is 14.8 Å². The van der Waals surface area contributed by atoms with Crippen LogP contribution in [0.2, 0.25) is 0 Å². The number of pyridine rings is 1. The lowest BCUT2D eigenvalue weighted by atomic mass is 10.2. The van der Waals surface area contributed by atoms with Gasteiger partial charge in [-0.2, -0.15) is 13.9 Å². The van der Waals surface area contributed by atoms with Crippen LogP contribution in [0.1, 0.15) is 12.2 Å². The van der Waals surface area contributed by atoms with E-state index in [1.54, 1.807) is 30.6 Å². The summed E-state index contributed by atoms with van der Waals surface area (Å²) in [5.41, 5.74) is 1.50. The van der Waals surface area contributed by atoms with Crippen molar-refractivity contribution in [3.8, 4) is 11.3 Å². The number of halogens is 3. The molecule has 0 atom stereocenters. The fourth-order valence-electron chi connectivity index (χ4n) is 1.37. The van der Waals surface area contributed by atoms with Gasteiger partial charge in [-0.1, -0.05) is 0 Å². The van der Waals surface area contributed by atoms with Gasteiger partial charge in [0.15, 0.2) is 0 Å². The van der Waals surface area contributed by atoms with E-state index in [0.717, 1.165) is 5.56 Å². The minimum absolute atomic E-state index is 0.00240. The third-order valence-corrected chi connectivity index (χ3v) is 2.38. The fraction of sp³-hybridized carbons (Fsp3) is 0.200. The molecule has 3 nitrogen and oxygen atoms in total. The van der Waals surface area contributed by atoms with Crippen molar-refractivity contribution in [3.05, 3.63) is 36.3 Å². The molecule has 0 amide bonds. The first kappa shape index (κ1) is 11.0. The van der Waals surface area contributed by atoms with Crippen LogP contribution in [0.5, 0.6) is 0 Å². The van der Waals surface area contributed by atoms with Crippen LogP contribution in [0, 0.1) is 0 Å². The molecular formula is C10H8ClF2N3. The van der Waals surface area contributed by atoms with Crippen molar-refractivity contribution in [2.45, 2.75) is 12.4 Å². The van der Waals surface area contributed by atoms with Crippen LogP contribution in [-0.2, 0) is 5.88 Å². The van der Waals surface area contributed by atoms with Gasteiger partial charge in [-0.05, 0) is 18.2 Å². The number of hydrogen-bond acceptors (Lipinski definition) is 2. The minimum Gasteiger partial charge on any atom is -0.265 e. The van der Waals surface area contributed by atoms with Crippen LogP contribution < -0.4 is 0 Å². The number of alkyl halides is 3. The molecule has 0 aliphatic carbocycles. The summed E-state index contributed by atoms with van der Waals surface area (Å²) >= 11 is 5.57. The largest absolute Gasteiger partial charge is 0.333 e. The van der Waals surface area contributed by atoms with E-state index in [0.29, 0.717) is 16.1 Å². The molecule has 0 unspecified atom stereocenters. The summed E-state index contributed by atoms with van der Waals surface area (Å²) in [6.07, 6.45) is 3.16. The average molecular weight is 244 g/mol. The molecule has 2 aromatic heterocycles. The molecule has 6 heteroatoms. The van der Waals surface area contributed by atoms with Gasteiger partial charge in [-0.15, -0.1) is 11.6 Å². The Morgan fingerprint density at radius 1 is 1.31 bits per heavy atom. The monoisotopic (exact) mass is 243 g/mol. The first-order valence-electron chi connectivity index (χ1n) is 4.55. The summed E-state index contributed by atoms with van der Waals surface area (Å²) in [7, 11) is 0. The third-order valence-electron chi connectivity index (χ3n) is 2.11. The lowest BCUT2D eigenvalue weighted by Gasteiger charge is -2.01. The summed E-state index contributed by atoms with van der Waals surface area (Å²) in [6, 6.07) is 4.96. The van der Waals surface area contributed by atoms with Crippen molar-refractivity contribution in [3.63, 3.8) is 0 Å². The molecule has 0 aliphatic heterocycles. The zero-order chi connectivity index (χ0) is 11.5. The van der Waals surface area contributed by atoms with Gasteiger partial charge in [0.05, 0.1) is 17.3 Å². The SMILES string of the molecule is FC(F)n1nc(-c2ccncc2)cc1CCl. The average Bonchev–Trinajstić information content (AvgIpc) is 2.74. The Bertz CT molecular complexity index is 470. The van der Waals surface area contributed by atoms with Gasteiger partial charge in [0.1, 0.15) is 0 Å². The Balaban J connectivity index is 2.44. The molecule has 0 radical (unpaired) electrons. The van der Waals surface area contributed by atoms with E-state index in [2.05, 4.69) is 10.1 Å². The van der Waals surface area contributed by atoms with E-state index in [-0.39, 0.29) is 5.88 Å². The van der Waals surface area contributed by atoms with Gasteiger partial charge in [-0.3, -0.25) is 4.98 Å². The van der Waals surface area contributed by atoms with E-state index in [4.69, 9.17) is 11.6 Å². The van der Waals surface area contributed by atoms with Crippen LogP contribution in [0.15, 0.2) is 30.6 Å². The number of nitrogens with zero attached hydrogens (tertiary/aromatic N) is 3. The molecular weight excluding hydrogens is 236 g/mol. The molecule has 0 aliphatic rings. The van der Waals surface area contributed by atoms with Crippen LogP contribution in [0.3, 0.4) is 0 Å². The van der Waals surface area contributed by atoms with Crippen LogP contribution >= 0.6 is 11.6 Å². The quantitative estimate of drug-likeness (QED) is 0.776. The Kier molecular flexibility index (Phi) is 3.14. The van der Waals surface area contributed by atoms with E-state index < -0.39 is 6.55 Å². The normalized spacial score (nSPS) is 11.0. The van der Waals surface area contributed by atoms with Crippen molar-refractivity contribution >= 4 is 11.6 Å². The smallest absolute Gasteiger partial charge is 0.265 e. The van der Waals surface area contributed by atoms with Crippen LogP contribution in [0.25, 0.3) is 11.3 Å². The minimum atomic E-state index is -2.68. The molecule has 0 spiro atoms. The Labute approximate surface area is 95.7 Å². The van der Waals surface area contributed by atoms with E-state index >= 15 is 0 Å². The highest BCUT2D eigenvalue weighted by molar-refractivity contribution is 6.16. The summed E-state index contributed by atoms with van der Waals surface area (Å²) in [5.74, 6) is 0.00240. The summed E-state index contributed by atoms with van der Waals surface area (Å²) in [5, 5.41) is 3.81. The Morgan fingerprint density at radius 2 is 2.00 bits per heavy atom. The molecule has 2 heterocycles. The molecule has 2 rings (SSSR count). The highest BCUT2D eigenvalue weighted by atomic mass is 35.5. The molecule has 0 aromatic carbocycles. The molecule has 2 aromatic rings. The van der Waals surface area contributed by atoms with Gasteiger partial charge >= 0.3 is 6.55 Å². The van der Waals surface area contributed by atoms with Crippen molar-refractivity contribution in [1.82, 2.24) is 14.8 Å². The zero-order valence-electron chi connectivity index (χ0n) is 8.15. The second kappa shape index (κ2) is 4.57. The molecule has 0 saturated heterocycles. The predicted octanol–water partition coefficient (Wildman–Crippen LogP) is 3.08. The lowest BCUT2D eigenvalue weighted by molar-refractivity contribution is 0.0544. The van der Waals surface area contributed by atoms with Crippen molar-refractivity contribution in [2.75, 3.05) is 0 Å². The summed E-state index contributed by atoms with van der Waals surface area (Å²) < 4.78 is 25.8. The number of aromatic nitrogens is 3. The fourth-order valence-corrected chi connectivity index (χ4v) is 1.57. The van der Waals surface area contributed by atoms with E-state index in [9.17, 15) is 8.78 Å². The Hall–Kier alpha value is -1.49. The number of rotatable bonds is 3. The van der Waals surface area contributed by atoms with Crippen molar-refractivity contribution in [1.29, 1.82) is 0 Å². The molecule has 0 bridgehead atoms. The maximum atomic E-state index is 12.6. The summed E-state index contributed by atoms with van der Waals surface area (Å²) in [4.78, 5) is 3.85. The maximum Gasteiger partial charge on any atom is 0.333 e. The second-order valence-electron chi connectivity index (χ2n) is 3.11. The van der Waals surface area contributed by atoms with Gasteiger partial charge in [0.2, 0.25) is 0 Å². The van der Waals surface area contributed by atoms with Crippen molar-refractivity contribution in [2.24, 2.45) is 0 Å². The molecule has 0 saturated carbocycles. The molecule has 0 N–H and O–H groups in total. The van der Waals surface area contributed by atoms with Gasteiger partial charge in [0.25, 0.3) is 0 Å². The highest BCUT2D eigenvalue weighted by Crippen LogP contribution is 2.22. The van der Waals surface area contributed by atoms with Crippen molar-refractivity contribution < 1.29 is 8.78 Å². The summed E-state index contributed by atoms with van der Waals surface area (Å²) in [6.45, 7) is -2.68. The molecule has 16 heavy (non-hydrogen) atoms. The molecule has 0 fully saturated rings. The van der Waals surface area contributed by atoms with Crippen LogP contribution in [0.4, 0.5) is 8.78 Å². The first-order chi connectivity index (χ1) is 7.72. The Morgan fingerprint density at radius 3 is 2.50 bits per heavy atom.